The van der Waals surface area contributed by atoms with Crippen molar-refractivity contribution >= 4 is 11.6 Å². The molecule has 94 valence electrons. The Bertz CT molecular complexity index is 334. The molecule has 1 aliphatic carbocycles. The largest absolute Gasteiger partial charge is 0.370 e. The Balaban J connectivity index is 1.82. The molecule has 0 aromatic carbocycles. The van der Waals surface area contributed by atoms with Crippen molar-refractivity contribution < 1.29 is 0 Å². The third-order valence-corrected chi connectivity index (χ3v) is 3.27. The van der Waals surface area contributed by atoms with E-state index in [9.17, 15) is 0 Å². The van der Waals surface area contributed by atoms with Crippen LogP contribution in [-0.2, 0) is 0 Å². The average Bonchev–Trinajstić information content (AvgIpc) is 2.87. The van der Waals surface area contributed by atoms with Gasteiger partial charge in [-0.2, -0.15) is 0 Å². The van der Waals surface area contributed by atoms with Crippen molar-refractivity contribution in [2.75, 3.05) is 23.7 Å². The molecule has 1 saturated carbocycles. The second-order valence-corrected chi connectivity index (χ2v) is 4.75. The summed E-state index contributed by atoms with van der Waals surface area (Å²) in [5.41, 5.74) is 0. The lowest BCUT2D eigenvalue weighted by molar-refractivity contribution is 0.579. The van der Waals surface area contributed by atoms with E-state index in [0.29, 0.717) is 0 Å². The smallest absolute Gasteiger partial charge is 0.131 e. The van der Waals surface area contributed by atoms with Crippen LogP contribution >= 0.6 is 0 Å². The molecule has 0 spiro atoms. The van der Waals surface area contributed by atoms with E-state index < -0.39 is 0 Å². The molecule has 0 radical (unpaired) electrons. The van der Waals surface area contributed by atoms with Gasteiger partial charge in [0.25, 0.3) is 0 Å². The van der Waals surface area contributed by atoms with E-state index in [1.165, 1.54) is 25.7 Å². The monoisotopic (exact) mass is 234 g/mol. The number of nitrogens with one attached hydrogen (secondary N) is 2. The van der Waals surface area contributed by atoms with Gasteiger partial charge in [0, 0.05) is 19.2 Å². The summed E-state index contributed by atoms with van der Waals surface area (Å²) in [6.07, 6.45) is 8.22. The number of rotatable bonds is 6. The van der Waals surface area contributed by atoms with Crippen LogP contribution in [0.5, 0.6) is 0 Å². The van der Waals surface area contributed by atoms with Gasteiger partial charge < -0.3 is 10.6 Å². The van der Waals surface area contributed by atoms with Crippen molar-refractivity contribution in [1.82, 2.24) is 9.97 Å². The van der Waals surface area contributed by atoms with E-state index in [0.717, 1.165) is 37.1 Å². The summed E-state index contributed by atoms with van der Waals surface area (Å²) in [5.74, 6) is 2.68. The van der Waals surface area contributed by atoms with Crippen molar-refractivity contribution in [3.8, 4) is 0 Å². The Hall–Kier alpha value is -1.32. The molecule has 0 bridgehead atoms. The van der Waals surface area contributed by atoms with Crippen LogP contribution < -0.4 is 10.6 Å². The van der Waals surface area contributed by atoms with Crippen molar-refractivity contribution in [2.45, 2.75) is 39.0 Å². The molecule has 4 nitrogen and oxygen atoms in total. The molecule has 1 aliphatic rings. The van der Waals surface area contributed by atoms with Gasteiger partial charge in [0.15, 0.2) is 0 Å². The van der Waals surface area contributed by atoms with E-state index in [1.807, 2.05) is 6.07 Å². The number of hydrogen-bond donors (Lipinski definition) is 2. The summed E-state index contributed by atoms with van der Waals surface area (Å²) < 4.78 is 0. The topological polar surface area (TPSA) is 49.8 Å². The Kier molecular flexibility index (Phi) is 4.59. The van der Waals surface area contributed by atoms with Gasteiger partial charge in [-0.3, -0.25) is 0 Å². The Morgan fingerprint density at radius 3 is 2.59 bits per heavy atom. The maximum atomic E-state index is 4.25. The summed E-state index contributed by atoms with van der Waals surface area (Å²) in [4.78, 5) is 8.44. The molecule has 0 aliphatic heterocycles. The Labute approximate surface area is 103 Å². The number of nitrogens with zero attached hydrogens (tertiary/aromatic N) is 2. The lowest BCUT2D eigenvalue weighted by Crippen LogP contribution is -2.12. The lowest BCUT2D eigenvalue weighted by atomic mass is 10.1. The first-order valence-corrected chi connectivity index (χ1v) is 6.68. The molecular weight excluding hydrogens is 212 g/mol. The molecule has 1 fully saturated rings. The molecule has 2 N–H and O–H groups in total. The van der Waals surface area contributed by atoms with Gasteiger partial charge in [0.2, 0.25) is 0 Å². The fraction of sp³-hybridized carbons (Fsp3) is 0.692. The van der Waals surface area contributed by atoms with Gasteiger partial charge >= 0.3 is 0 Å². The van der Waals surface area contributed by atoms with E-state index in [4.69, 9.17) is 0 Å². The molecule has 4 heteroatoms. The summed E-state index contributed by atoms with van der Waals surface area (Å²) in [6.45, 7) is 4.15. The molecule has 1 aromatic rings. The van der Waals surface area contributed by atoms with Crippen molar-refractivity contribution in [1.29, 1.82) is 0 Å². The number of aromatic nitrogens is 2. The maximum absolute atomic E-state index is 4.25. The SMILES string of the molecule is CCCNc1cc(NCC2CCCC2)ncn1. The minimum atomic E-state index is 0.831. The second-order valence-electron chi connectivity index (χ2n) is 4.75. The normalized spacial score (nSPS) is 16.1. The highest BCUT2D eigenvalue weighted by atomic mass is 15.1. The first kappa shape index (κ1) is 12.1. The van der Waals surface area contributed by atoms with E-state index >= 15 is 0 Å². The highest BCUT2D eigenvalue weighted by Gasteiger charge is 2.14. The summed E-state index contributed by atoms with van der Waals surface area (Å²) in [5, 5.41) is 6.68. The number of anilines is 2. The van der Waals surface area contributed by atoms with Crippen LogP contribution in [0.4, 0.5) is 11.6 Å². The zero-order chi connectivity index (χ0) is 11.9. The van der Waals surface area contributed by atoms with Crippen LogP contribution in [-0.4, -0.2) is 23.1 Å². The van der Waals surface area contributed by atoms with E-state index in [2.05, 4.69) is 27.5 Å². The standard InChI is InChI=1S/C13H22N4/c1-2-7-14-12-8-13(17-10-16-12)15-9-11-5-3-4-6-11/h8,10-11H,2-7,9H2,1H3,(H2,14,15,16,17). The van der Waals surface area contributed by atoms with Crippen LogP contribution in [0.25, 0.3) is 0 Å². The molecule has 1 aromatic heterocycles. The van der Waals surface area contributed by atoms with Crippen molar-refractivity contribution in [3.05, 3.63) is 12.4 Å². The predicted octanol–water partition coefficient (Wildman–Crippen LogP) is 2.90. The summed E-state index contributed by atoms with van der Waals surface area (Å²) >= 11 is 0. The van der Waals surface area contributed by atoms with Crippen molar-refractivity contribution in [3.63, 3.8) is 0 Å². The third-order valence-electron chi connectivity index (χ3n) is 3.27. The maximum Gasteiger partial charge on any atom is 0.131 e. The van der Waals surface area contributed by atoms with Gasteiger partial charge in [-0.05, 0) is 25.2 Å². The molecule has 0 amide bonds. The van der Waals surface area contributed by atoms with Crippen LogP contribution in [0.1, 0.15) is 39.0 Å². The van der Waals surface area contributed by atoms with Gasteiger partial charge in [-0.15, -0.1) is 0 Å². The summed E-state index contributed by atoms with van der Waals surface area (Å²) in [7, 11) is 0. The Morgan fingerprint density at radius 1 is 1.18 bits per heavy atom. The molecule has 17 heavy (non-hydrogen) atoms. The predicted molar refractivity (Wildman–Crippen MR) is 71.3 cm³/mol. The Morgan fingerprint density at radius 2 is 1.88 bits per heavy atom. The van der Waals surface area contributed by atoms with Crippen LogP contribution in [0, 0.1) is 5.92 Å². The average molecular weight is 234 g/mol. The zero-order valence-corrected chi connectivity index (χ0v) is 10.6. The van der Waals surface area contributed by atoms with Gasteiger partial charge in [-0.1, -0.05) is 19.8 Å². The highest BCUT2D eigenvalue weighted by Crippen LogP contribution is 2.24. The molecular formula is C13H22N4. The molecule has 0 unspecified atom stereocenters. The third kappa shape index (κ3) is 3.88. The zero-order valence-electron chi connectivity index (χ0n) is 10.6. The van der Waals surface area contributed by atoms with E-state index in [1.54, 1.807) is 6.33 Å². The molecule has 2 rings (SSSR count). The first-order chi connectivity index (χ1) is 8.38. The second kappa shape index (κ2) is 6.42. The van der Waals surface area contributed by atoms with Gasteiger partial charge in [0.05, 0.1) is 0 Å². The minimum Gasteiger partial charge on any atom is -0.370 e. The van der Waals surface area contributed by atoms with Crippen LogP contribution in [0.15, 0.2) is 12.4 Å². The van der Waals surface area contributed by atoms with E-state index in [-0.39, 0.29) is 0 Å². The van der Waals surface area contributed by atoms with Gasteiger partial charge in [-0.25, -0.2) is 9.97 Å². The first-order valence-electron chi connectivity index (χ1n) is 6.68. The lowest BCUT2D eigenvalue weighted by Gasteiger charge is -2.11. The summed E-state index contributed by atoms with van der Waals surface area (Å²) in [6, 6.07) is 1.99. The van der Waals surface area contributed by atoms with Crippen LogP contribution in [0.2, 0.25) is 0 Å². The quantitative estimate of drug-likeness (QED) is 0.794. The van der Waals surface area contributed by atoms with Crippen molar-refractivity contribution in [2.24, 2.45) is 5.92 Å². The molecule has 0 atom stereocenters. The van der Waals surface area contributed by atoms with Crippen LogP contribution in [0.3, 0.4) is 0 Å². The molecule has 1 heterocycles. The van der Waals surface area contributed by atoms with Gasteiger partial charge in [0.1, 0.15) is 18.0 Å². The highest BCUT2D eigenvalue weighted by molar-refractivity contribution is 5.46. The fourth-order valence-electron chi connectivity index (χ4n) is 2.27. The minimum absolute atomic E-state index is 0.831. The molecule has 0 saturated heterocycles. The number of hydrogen-bond acceptors (Lipinski definition) is 4. The fourth-order valence-corrected chi connectivity index (χ4v) is 2.27.